The van der Waals surface area contributed by atoms with Crippen molar-refractivity contribution in [1.82, 2.24) is 19.5 Å². The Kier molecular flexibility index (Phi) is 6.75. The fourth-order valence-corrected chi connectivity index (χ4v) is 3.58. The second-order valence-electron chi connectivity index (χ2n) is 7.72. The third-order valence-corrected chi connectivity index (χ3v) is 5.20. The number of amides is 1. The number of rotatable bonds is 8. The molecule has 2 heterocycles. The van der Waals surface area contributed by atoms with E-state index in [-0.39, 0.29) is 12.5 Å². The van der Waals surface area contributed by atoms with Gasteiger partial charge in [-0.3, -0.25) is 4.79 Å². The van der Waals surface area contributed by atoms with Crippen LogP contribution in [0.25, 0.3) is 17.2 Å². The number of nitriles is 2. The van der Waals surface area contributed by atoms with Crippen molar-refractivity contribution in [1.29, 1.82) is 10.5 Å². The Labute approximate surface area is 206 Å². The highest BCUT2D eigenvalue weighted by atomic mass is 16.5. The Hall–Kier alpha value is -5.42. The summed E-state index contributed by atoms with van der Waals surface area (Å²) >= 11 is 0. The Balaban J connectivity index is 1.80. The lowest BCUT2D eigenvalue weighted by Gasteiger charge is -2.16. The fraction of sp³-hybridized carbons (Fsp3) is 0.120. The van der Waals surface area contributed by atoms with Crippen LogP contribution in [0, 0.1) is 29.6 Å². The van der Waals surface area contributed by atoms with Crippen molar-refractivity contribution < 1.29 is 9.53 Å². The molecule has 0 atom stereocenters. The summed E-state index contributed by atoms with van der Waals surface area (Å²) in [5.74, 6) is 0.618. The van der Waals surface area contributed by atoms with E-state index in [0.29, 0.717) is 39.7 Å². The van der Waals surface area contributed by atoms with E-state index in [1.165, 1.54) is 17.0 Å². The molecule has 0 saturated heterocycles. The van der Waals surface area contributed by atoms with Crippen LogP contribution in [0.5, 0.6) is 5.75 Å². The molecule has 11 nitrogen and oxygen atoms in total. The van der Waals surface area contributed by atoms with Crippen molar-refractivity contribution >= 4 is 46.3 Å². The number of carbonyl (C=O) groups excluding carboxylic acids is 1. The van der Waals surface area contributed by atoms with E-state index < -0.39 is 5.91 Å². The number of nitrogens with two attached hydrogens (primary N) is 1. The number of aryl methyl sites for hydroxylation is 1. The van der Waals surface area contributed by atoms with Crippen LogP contribution in [-0.4, -0.2) is 32.5 Å². The van der Waals surface area contributed by atoms with Crippen LogP contribution in [0.1, 0.15) is 16.7 Å². The quantitative estimate of drug-likeness (QED) is 0.320. The van der Waals surface area contributed by atoms with Gasteiger partial charge in [-0.05, 0) is 60.5 Å². The van der Waals surface area contributed by atoms with Gasteiger partial charge in [0.2, 0.25) is 11.9 Å². The molecule has 0 saturated carbocycles. The van der Waals surface area contributed by atoms with E-state index in [2.05, 4.69) is 31.7 Å². The van der Waals surface area contributed by atoms with Crippen LogP contribution in [0.4, 0.5) is 23.1 Å². The highest BCUT2D eigenvalue weighted by Crippen LogP contribution is 2.34. The van der Waals surface area contributed by atoms with Crippen molar-refractivity contribution in [2.75, 3.05) is 17.7 Å². The monoisotopic (exact) mass is 479 g/mol. The number of ether oxygens (including phenoxy) is 1. The van der Waals surface area contributed by atoms with Gasteiger partial charge in [-0.2, -0.15) is 20.5 Å². The average molecular weight is 480 g/mol. The van der Waals surface area contributed by atoms with Gasteiger partial charge in [0, 0.05) is 11.8 Å². The number of hydrogen-bond donors (Lipinski definition) is 3. The number of allylic oxidation sites excluding steroid dienone is 1. The normalized spacial score (nSPS) is 10.7. The van der Waals surface area contributed by atoms with Gasteiger partial charge in [0.25, 0.3) is 0 Å². The Morgan fingerprint density at radius 1 is 1.19 bits per heavy atom. The van der Waals surface area contributed by atoms with E-state index in [1.807, 2.05) is 19.1 Å². The van der Waals surface area contributed by atoms with E-state index in [1.54, 1.807) is 43.5 Å². The predicted octanol–water partition coefficient (Wildman–Crippen LogP) is 3.52. The minimum Gasteiger partial charge on any atom is -0.495 e. The molecule has 0 aliphatic carbocycles. The molecule has 0 spiro atoms. The third kappa shape index (κ3) is 5.05. The number of nitrogens with zero attached hydrogens (tertiary/aromatic N) is 6. The average Bonchev–Trinajstić information content (AvgIpc) is 3.26. The van der Waals surface area contributed by atoms with Gasteiger partial charge in [-0.1, -0.05) is 0 Å². The van der Waals surface area contributed by atoms with Gasteiger partial charge in [-0.15, -0.1) is 0 Å². The van der Waals surface area contributed by atoms with Crippen molar-refractivity contribution in [2.24, 2.45) is 5.73 Å². The molecule has 4 N–H and O–H groups in total. The molecule has 2 aromatic carbocycles. The van der Waals surface area contributed by atoms with Gasteiger partial charge in [0.15, 0.2) is 17.0 Å². The van der Waals surface area contributed by atoms with Crippen molar-refractivity contribution in [3.63, 3.8) is 0 Å². The first kappa shape index (κ1) is 23.7. The van der Waals surface area contributed by atoms with Crippen LogP contribution >= 0.6 is 0 Å². The standard InChI is InChI=1S/C25H21N9O2/c1-15-10-17(4-3-9-26)11-19(36-2)21(15)31-23-22-24(34(14-29-22)13-20(28)35)33-25(32-23)30-18-7-5-16(12-27)6-8-18/h3-8,10-11,14H,13H2,1-2H3,(H2,28,35)(H2,30,31,32,33)/b4-3+. The van der Waals surface area contributed by atoms with E-state index in [4.69, 9.17) is 21.0 Å². The van der Waals surface area contributed by atoms with Gasteiger partial charge >= 0.3 is 0 Å². The number of primary amides is 1. The molecular formula is C25H21N9O2. The summed E-state index contributed by atoms with van der Waals surface area (Å²) in [6.07, 6.45) is 4.55. The molecule has 2 aromatic heterocycles. The number of aromatic nitrogens is 4. The number of fused-ring (bicyclic) bond motifs is 1. The summed E-state index contributed by atoms with van der Waals surface area (Å²) in [4.78, 5) is 25.1. The summed E-state index contributed by atoms with van der Waals surface area (Å²) in [6.45, 7) is 1.79. The topological polar surface area (TPSA) is 168 Å². The SMILES string of the molecule is COc1cc(/C=C/C#N)cc(C)c1Nc1nc(Nc2ccc(C#N)cc2)nc2c1ncn2CC(N)=O. The zero-order valence-electron chi connectivity index (χ0n) is 19.5. The molecule has 0 unspecified atom stereocenters. The molecule has 36 heavy (non-hydrogen) atoms. The van der Waals surface area contributed by atoms with Crippen LogP contribution < -0.4 is 21.1 Å². The van der Waals surface area contributed by atoms with Crippen LogP contribution in [-0.2, 0) is 11.3 Å². The molecule has 0 radical (unpaired) electrons. The molecule has 0 aliphatic rings. The molecule has 4 aromatic rings. The summed E-state index contributed by atoms with van der Waals surface area (Å²) in [6, 6.07) is 14.6. The highest BCUT2D eigenvalue weighted by molar-refractivity contribution is 5.89. The first-order valence-corrected chi connectivity index (χ1v) is 10.7. The summed E-state index contributed by atoms with van der Waals surface area (Å²) < 4.78 is 7.12. The van der Waals surface area contributed by atoms with Crippen molar-refractivity contribution in [3.8, 4) is 17.9 Å². The number of benzene rings is 2. The lowest BCUT2D eigenvalue weighted by Crippen LogP contribution is -2.18. The van der Waals surface area contributed by atoms with Gasteiger partial charge < -0.3 is 25.7 Å². The molecule has 178 valence electrons. The van der Waals surface area contributed by atoms with E-state index in [0.717, 1.165) is 11.1 Å². The lowest BCUT2D eigenvalue weighted by molar-refractivity contribution is -0.118. The zero-order valence-corrected chi connectivity index (χ0v) is 19.5. The summed E-state index contributed by atoms with van der Waals surface area (Å²) in [5.41, 5.74) is 9.72. The van der Waals surface area contributed by atoms with Gasteiger partial charge in [0.1, 0.15) is 12.3 Å². The van der Waals surface area contributed by atoms with Gasteiger partial charge in [-0.25, -0.2) is 4.98 Å². The molecule has 0 aliphatic heterocycles. The largest absolute Gasteiger partial charge is 0.495 e. The molecular weight excluding hydrogens is 458 g/mol. The van der Waals surface area contributed by atoms with Crippen LogP contribution in [0.15, 0.2) is 48.8 Å². The molecule has 1 amide bonds. The first-order chi connectivity index (χ1) is 17.4. The lowest BCUT2D eigenvalue weighted by atomic mass is 10.1. The maximum Gasteiger partial charge on any atom is 0.237 e. The van der Waals surface area contributed by atoms with Crippen LogP contribution in [0.2, 0.25) is 0 Å². The number of anilines is 4. The second kappa shape index (κ2) is 10.2. The van der Waals surface area contributed by atoms with Crippen LogP contribution in [0.3, 0.4) is 0 Å². The first-order valence-electron chi connectivity index (χ1n) is 10.7. The number of imidazole rings is 1. The fourth-order valence-electron chi connectivity index (χ4n) is 3.58. The smallest absolute Gasteiger partial charge is 0.237 e. The minimum absolute atomic E-state index is 0.106. The Bertz CT molecular complexity index is 1560. The Morgan fingerprint density at radius 2 is 1.97 bits per heavy atom. The molecule has 0 fully saturated rings. The summed E-state index contributed by atoms with van der Waals surface area (Å²) in [7, 11) is 1.55. The number of carbonyl (C=O) groups is 1. The molecule has 11 heteroatoms. The zero-order chi connectivity index (χ0) is 25.7. The van der Waals surface area contributed by atoms with Gasteiger partial charge in [0.05, 0.1) is 36.8 Å². The maximum atomic E-state index is 11.6. The van der Waals surface area contributed by atoms with E-state index in [9.17, 15) is 4.79 Å². The number of methoxy groups -OCH3 is 1. The highest BCUT2D eigenvalue weighted by Gasteiger charge is 2.18. The maximum absolute atomic E-state index is 11.6. The molecule has 0 bridgehead atoms. The second-order valence-corrected chi connectivity index (χ2v) is 7.72. The Morgan fingerprint density at radius 3 is 2.64 bits per heavy atom. The minimum atomic E-state index is -0.539. The summed E-state index contributed by atoms with van der Waals surface area (Å²) in [5, 5.41) is 24.3. The number of hydrogen-bond acceptors (Lipinski definition) is 9. The molecule has 4 rings (SSSR count). The predicted molar refractivity (Wildman–Crippen MR) is 135 cm³/mol. The number of nitrogens with one attached hydrogen (secondary N) is 2. The van der Waals surface area contributed by atoms with Crippen molar-refractivity contribution in [3.05, 3.63) is 65.5 Å². The third-order valence-electron chi connectivity index (χ3n) is 5.20. The van der Waals surface area contributed by atoms with Crippen molar-refractivity contribution in [2.45, 2.75) is 13.5 Å². The van der Waals surface area contributed by atoms with E-state index >= 15 is 0 Å².